The van der Waals surface area contributed by atoms with E-state index in [-0.39, 0.29) is 5.78 Å². The SMILES string of the molecule is CC(=O)c1c(C)nsc1NCc1cccc2cccnc12. The van der Waals surface area contributed by atoms with Gasteiger partial charge in [0.1, 0.15) is 5.00 Å². The number of anilines is 1. The highest BCUT2D eigenvalue weighted by molar-refractivity contribution is 7.10. The van der Waals surface area contributed by atoms with E-state index in [4.69, 9.17) is 0 Å². The predicted molar refractivity (Wildman–Crippen MR) is 85.9 cm³/mol. The van der Waals surface area contributed by atoms with Gasteiger partial charge in [0.25, 0.3) is 0 Å². The Morgan fingerprint density at radius 2 is 2.10 bits per heavy atom. The number of pyridine rings is 1. The smallest absolute Gasteiger partial charge is 0.164 e. The van der Waals surface area contributed by atoms with Crippen molar-refractivity contribution in [2.24, 2.45) is 0 Å². The molecule has 0 fully saturated rings. The molecule has 0 unspecified atom stereocenters. The molecule has 0 aliphatic heterocycles. The first kappa shape index (κ1) is 13.7. The summed E-state index contributed by atoms with van der Waals surface area (Å²) in [7, 11) is 0. The van der Waals surface area contributed by atoms with Gasteiger partial charge < -0.3 is 5.32 Å². The van der Waals surface area contributed by atoms with Crippen molar-refractivity contribution < 1.29 is 4.79 Å². The number of carbonyl (C=O) groups is 1. The van der Waals surface area contributed by atoms with Crippen LogP contribution in [0.2, 0.25) is 0 Å². The van der Waals surface area contributed by atoms with Crippen LogP contribution in [0.25, 0.3) is 10.9 Å². The van der Waals surface area contributed by atoms with E-state index in [1.807, 2.05) is 37.3 Å². The summed E-state index contributed by atoms with van der Waals surface area (Å²) in [5, 5.41) is 5.26. The molecule has 5 heteroatoms. The van der Waals surface area contributed by atoms with Gasteiger partial charge >= 0.3 is 0 Å². The van der Waals surface area contributed by atoms with E-state index < -0.39 is 0 Å². The minimum absolute atomic E-state index is 0.0415. The number of carbonyl (C=O) groups excluding carboxylic acids is 1. The Morgan fingerprint density at radius 3 is 2.90 bits per heavy atom. The number of para-hydroxylation sites is 1. The van der Waals surface area contributed by atoms with Crippen LogP contribution in [0.3, 0.4) is 0 Å². The van der Waals surface area contributed by atoms with Crippen molar-refractivity contribution >= 4 is 33.2 Å². The van der Waals surface area contributed by atoms with Gasteiger partial charge in [-0.3, -0.25) is 9.78 Å². The first-order valence-corrected chi connectivity index (χ1v) is 7.48. The highest BCUT2D eigenvalue weighted by atomic mass is 32.1. The lowest BCUT2D eigenvalue weighted by Gasteiger charge is -2.08. The van der Waals surface area contributed by atoms with E-state index in [9.17, 15) is 4.79 Å². The molecule has 1 N–H and O–H groups in total. The van der Waals surface area contributed by atoms with Crippen molar-refractivity contribution in [2.45, 2.75) is 20.4 Å². The zero-order chi connectivity index (χ0) is 14.8. The number of Topliss-reactive ketones (excluding diaryl/α,β-unsaturated/α-hetero) is 1. The van der Waals surface area contributed by atoms with E-state index >= 15 is 0 Å². The molecule has 3 aromatic rings. The van der Waals surface area contributed by atoms with Crippen LogP contribution in [0, 0.1) is 6.92 Å². The molecule has 0 aliphatic carbocycles. The van der Waals surface area contributed by atoms with Gasteiger partial charge in [0.15, 0.2) is 5.78 Å². The summed E-state index contributed by atoms with van der Waals surface area (Å²) >= 11 is 1.33. The van der Waals surface area contributed by atoms with Crippen molar-refractivity contribution in [1.29, 1.82) is 0 Å². The third-order valence-electron chi connectivity index (χ3n) is 3.37. The fraction of sp³-hybridized carbons (Fsp3) is 0.188. The van der Waals surface area contributed by atoms with Crippen LogP contribution >= 0.6 is 11.5 Å². The number of fused-ring (bicyclic) bond motifs is 1. The number of hydrogen-bond acceptors (Lipinski definition) is 5. The number of nitrogens with zero attached hydrogens (tertiary/aromatic N) is 2. The van der Waals surface area contributed by atoms with Gasteiger partial charge in [0, 0.05) is 18.1 Å². The topological polar surface area (TPSA) is 54.9 Å². The normalized spacial score (nSPS) is 10.8. The van der Waals surface area contributed by atoms with E-state index in [1.54, 1.807) is 13.1 Å². The van der Waals surface area contributed by atoms with E-state index in [0.29, 0.717) is 12.1 Å². The molecule has 2 aromatic heterocycles. The highest BCUT2D eigenvalue weighted by Crippen LogP contribution is 2.26. The van der Waals surface area contributed by atoms with Gasteiger partial charge in [-0.1, -0.05) is 24.3 Å². The van der Waals surface area contributed by atoms with Crippen LogP contribution in [0.1, 0.15) is 28.5 Å². The lowest BCUT2D eigenvalue weighted by atomic mass is 10.1. The summed E-state index contributed by atoms with van der Waals surface area (Å²) in [5.41, 5.74) is 3.56. The van der Waals surface area contributed by atoms with Gasteiger partial charge in [-0.25, -0.2) is 0 Å². The molecule has 0 amide bonds. The molecule has 0 atom stereocenters. The summed E-state index contributed by atoms with van der Waals surface area (Å²) in [5.74, 6) is 0.0415. The summed E-state index contributed by atoms with van der Waals surface area (Å²) in [6.07, 6.45) is 1.80. The Labute approximate surface area is 127 Å². The van der Waals surface area contributed by atoms with Crippen molar-refractivity contribution in [3.8, 4) is 0 Å². The Balaban J connectivity index is 1.89. The van der Waals surface area contributed by atoms with Crippen LogP contribution in [-0.2, 0) is 6.54 Å². The first-order chi connectivity index (χ1) is 10.2. The molecule has 0 saturated heterocycles. The van der Waals surface area contributed by atoms with Crippen LogP contribution in [0.5, 0.6) is 0 Å². The molecule has 0 radical (unpaired) electrons. The van der Waals surface area contributed by atoms with Gasteiger partial charge in [-0.15, -0.1) is 0 Å². The zero-order valence-electron chi connectivity index (χ0n) is 11.9. The number of aryl methyl sites for hydroxylation is 1. The molecule has 1 aromatic carbocycles. The van der Waals surface area contributed by atoms with E-state index in [1.165, 1.54) is 11.5 Å². The Hall–Kier alpha value is -2.27. The number of benzene rings is 1. The van der Waals surface area contributed by atoms with Crippen LogP contribution in [0.15, 0.2) is 36.5 Å². The van der Waals surface area contributed by atoms with Crippen molar-refractivity contribution in [1.82, 2.24) is 9.36 Å². The molecule has 3 rings (SSSR count). The summed E-state index contributed by atoms with van der Waals surface area (Å²) in [4.78, 5) is 16.1. The largest absolute Gasteiger partial charge is 0.371 e. The van der Waals surface area contributed by atoms with E-state index in [2.05, 4.69) is 14.7 Å². The molecule has 0 aliphatic rings. The number of rotatable bonds is 4. The van der Waals surface area contributed by atoms with Crippen LogP contribution in [0.4, 0.5) is 5.00 Å². The predicted octanol–water partition coefficient (Wildman–Crippen LogP) is 3.81. The Bertz CT molecular complexity index is 805. The summed E-state index contributed by atoms with van der Waals surface area (Å²) < 4.78 is 4.26. The lowest BCUT2D eigenvalue weighted by Crippen LogP contribution is -2.04. The van der Waals surface area contributed by atoms with Crippen LogP contribution in [-0.4, -0.2) is 15.1 Å². The van der Waals surface area contributed by atoms with Gasteiger partial charge in [-0.05, 0) is 37.0 Å². The maximum absolute atomic E-state index is 11.7. The average molecular weight is 297 g/mol. The lowest BCUT2D eigenvalue weighted by molar-refractivity contribution is 0.101. The van der Waals surface area contributed by atoms with Crippen LogP contribution < -0.4 is 5.32 Å². The number of nitrogens with one attached hydrogen (secondary N) is 1. The van der Waals surface area contributed by atoms with Gasteiger partial charge in [-0.2, -0.15) is 4.37 Å². The maximum Gasteiger partial charge on any atom is 0.164 e. The molecule has 2 heterocycles. The first-order valence-electron chi connectivity index (χ1n) is 6.70. The Kier molecular flexibility index (Phi) is 3.66. The minimum Gasteiger partial charge on any atom is -0.371 e. The molecule has 106 valence electrons. The van der Waals surface area contributed by atoms with Crippen molar-refractivity contribution in [3.05, 3.63) is 53.3 Å². The quantitative estimate of drug-likeness (QED) is 0.744. The molecular weight excluding hydrogens is 282 g/mol. The van der Waals surface area contributed by atoms with Gasteiger partial charge in [0.2, 0.25) is 0 Å². The molecular formula is C16H15N3OS. The zero-order valence-corrected chi connectivity index (χ0v) is 12.7. The van der Waals surface area contributed by atoms with E-state index in [0.717, 1.165) is 27.2 Å². The fourth-order valence-electron chi connectivity index (χ4n) is 2.39. The summed E-state index contributed by atoms with van der Waals surface area (Å²) in [6.45, 7) is 4.05. The minimum atomic E-state index is 0.0415. The highest BCUT2D eigenvalue weighted by Gasteiger charge is 2.14. The second kappa shape index (κ2) is 5.61. The second-order valence-corrected chi connectivity index (χ2v) is 5.65. The number of ketones is 1. The molecule has 4 nitrogen and oxygen atoms in total. The fourth-order valence-corrected chi connectivity index (χ4v) is 3.23. The maximum atomic E-state index is 11.7. The Morgan fingerprint density at radius 1 is 1.29 bits per heavy atom. The molecule has 0 spiro atoms. The van der Waals surface area contributed by atoms with Crippen molar-refractivity contribution in [2.75, 3.05) is 5.32 Å². The second-order valence-electron chi connectivity index (χ2n) is 4.87. The number of hydrogen-bond donors (Lipinski definition) is 1. The standard InChI is InChI=1S/C16H15N3OS/c1-10-14(11(2)20)16(21-19-10)18-9-13-6-3-5-12-7-4-8-17-15(12)13/h3-8,18H,9H2,1-2H3. The molecule has 21 heavy (non-hydrogen) atoms. The molecule has 0 saturated carbocycles. The van der Waals surface area contributed by atoms with Crippen molar-refractivity contribution in [3.63, 3.8) is 0 Å². The van der Waals surface area contributed by atoms with Gasteiger partial charge in [0.05, 0.1) is 16.8 Å². The number of aromatic nitrogens is 2. The average Bonchev–Trinajstić information content (AvgIpc) is 2.86. The summed E-state index contributed by atoms with van der Waals surface area (Å²) in [6, 6.07) is 10.1. The monoisotopic (exact) mass is 297 g/mol. The third-order valence-corrected chi connectivity index (χ3v) is 4.27. The third kappa shape index (κ3) is 2.64. The molecule has 0 bridgehead atoms.